The minimum absolute atomic E-state index is 0.0373. The summed E-state index contributed by atoms with van der Waals surface area (Å²) < 4.78 is 5.53. The third-order valence-electron chi connectivity index (χ3n) is 4.95. The Morgan fingerprint density at radius 3 is 2.09 bits per heavy atom. The van der Waals surface area contributed by atoms with Crippen LogP contribution in [0.25, 0.3) is 0 Å². The van der Waals surface area contributed by atoms with Crippen LogP contribution < -0.4 is 11.1 Å². The van der Waals surface area contributed by atoms with E-state index in [1.807, 2.05) is 65.0 Å². The van der Waals surface area contributed by atoms with E-state index in [1.165, 1.54) is 4.90 Å². The van der Waals surface area contributed by atoms with Crippen LogP contribution in [0.4, 0.5) is 4.79 Å². The Balaban J connectivity index is 3.08. The third-order valence-corrected chi connectivity index (χ3v) is 4.95. The number of hydrogen-bond acceptors (Lipinski definition) is 5. The van der Waals surface area contributed by atoms with Crippen LogP contribution >= 0.6 is 0 Å². The van der Waals surface area contributed by atoms with Crippen molar-refractivity contribution in [2.45, 2.75) is 85.6 Å². The number of carbonyl (C=O) groups is 2. The fourth-order valence-corrected chi connectivity index (χ4v) is 3.16. The molecule has 0 radical (unpaired) electrons. The van der Waals surface area contributed by atoms with Gasteiger partial charge >= 0.3 is 6.09 Å². The first kappa shape index (κ1) is 27.9. The molecule has 0 heterocycles. The van der Waals surface area contributed by atoms with Gasteiger partial charge in [-0.2, -0.15) is 0 Å². The summed E-state index contributed by atoms with van der Waals surface area (Å²) in [5, 5.41) is 14.1. The number of rotatable bonds is 9. The molecule has 3 atom stereocenters. The zero-order chi connectivity index (χ0) is 24.7. The van der Waals surface area contributed by atoms with Crippen LogP contribution in [0, 0.1) is 11.3 Å². The van der Waals surface area contributed by atoms with Crippen molar-refractivity contribution in [3.8, 4) is 0 Å². The fourth-order valence-electron chi connectivity index (χ4n) is 3.16. The number of nitrogens with two attached hydrogens (primary N) is 1. The number of aliphatic hydroxyl groups is 1. The summed E-state index contributed by atoms with van der Waals surface area (Å²) in [6, 6.07) is 8.27. The molecule has 1 aromatic carbocycles. The molecule has 0 aliphatic heterocycles. The van der Waals surface area contributed by atoms with Crippen LogP contribution in [-0.2, 0) is 16.0 Å². The smallest absolute Gasteiger partial charge is 0.410 e. The van der Waals surface area contributed by atoms with Gasteiger partial charge in [-0.15, -0.1) is 0 Å². The second-order valence-electron chi connectivity index (χ2n) is 11.0. The van der Waals surface area contributed by atoms with Gasteiger partial charge in [0.25, 0.3) is 0 Å². The zero-order valence-electron chi connectivity index (χ0n) is 21.0. The van der Waals surface area contributed by atoms with Gasteiger partial charge in [-0.3, -0.25) is 4.79 Å². The second kappa shape index (κ2) is 11.7. The number of carbonyl (C=O) groups excluding carboxylic acids is 2. The van der Waals surface area contributed by atoms with E-state index in [-0.39, 0.29) is 18.4 Å². The third kappa shape index (κ3) is 10.0. The average Bonchev–Trinajstić information content (AvgIpc) is 2.64. The Kier molecular flexibility index (Phi) is 10.2. The average molecular weight is 450 g/mol. The lowest BCUT2D eigenvalue weighted by molar-refractivity contribution is -0.126. The largest absolute Gasteiger partial charge is 0.444 e. The number of nitrogens with zero attached hydrogens (tertiary/aromatic N) is 1. The molecule has 2 amide bonds. The highest BCUT2D eigenvalue weighted by atomic mass is 16.6. The van der Waals surface area contributed by atoms with E-state index < -0.39 is 35.3 Å². The van der Waals surface area contributed by atoms with Crippen LogP contribution in [0.1, 0.15) is 61.0 Å². The van der Waals surface area contributed by atoms with E-state index in [4.69, 9.17) is 10.5 Å². The van der Waals surface area contributed by atoms with Crippen molar-refractivity contribution < 1.29 is 19.4 Å². The van der Waals surface area contributed by atoms with E-state index >= 15 is 0 Å². The quantitative estimate of drug-likeness (QED) is 0.536. The zero-order valence-corrected chi connectivity index (χ0v) is 21.0. The van der Waals surface area contributed by atoms with Crippen LogP contribution in [0.2, 0.25) is 0 Å². The Hall–Kier alpha value is -2.12. The Labute approximate surface area is 193 Å². The molecule has 0 aliphatic rings. The summed E-state index contributed by atoms with van der Waals surface area (Å²) in [5.74, 6) is -0.142. The summed E-state index contributed by atoms with van der Waals surface area (Å²) in [4.78, 5) is 27.1. The van der Waals surface area contributed by atoms with Crippen molar-refractivity contribution in [3.63, 3.8) is 0 Å². The lowest BCUT2D eigenvalue weighted by atomic mass is 9.86. The van der Waals surface area contributed by atoms with Crippen molar-refractivity contribution >= 4 is 12.0 Å². The van der Waals surface area contributed by atoms with Gasteiger partial charge in [0.2, 0.25) is 5.91 Å². The molecular weight excluding hydrogens is 406 g/mol. The van der Waals surface area contributed by atoms with Gasteiger partial charge in [-0.1, -0.05) is 65.0 Å². The molecule has 7 nitrogen and oxygen atoms in total. The van der Waals surface area contributed by atoms with Crippen molar-refractivity contribution in [2.75, 3.05) is 13.1 Å². The topological polar surface area (TPSA) is 105 Å². The van der Waals surface area contributed by atoms with Gasteiger partial charge in [-0.05, 0) is 44.1 Å². The highest BCUT2D eigenvalue weighted by Gasteiger charge is 2.33. The standard InChI is InChI=1S/C25H43N3O4/c1-17(2)15-28(23(31)32-25(6,7)8)16-20(29)19(14-18-12-10-9-11-13-18)27-22(30)21(26)24(3,4)5/h9-13,17,19-21,29H,14-16,26H2,1-8H3,(H,27,30)/t19-,20+,21+/m0/s1. The van der Waals surface area contributed by atoms with Gasteiger partial charge in [0.05, 0.1) is 24.7 Å². The lowest BCUT2D eigenvalue weighted by Crippen LogP contribution is -2.56. The molecule has 32 heavy (non-hydrogen) atoms. The summed E-state index contributed by atoms with van der Waals surface area (Å²) in [6.45, 7) is 15.6. The molecule has 0 aromatic heterocycles. The Bertz CT molecular complexity index is 723. The molecule has 7 heteroatoms. The number of benzene rings is 1. The van der Waals surface area contributed by atoms with Crippen LogP contribution in [0.3, 0.4) is 0 Å². The molecule has 1 rings (SSSR count). The van der Waals surface area contributed by atoms with Crippen LogP contribution in [0.15, 0.2) is 30.3 Å². The fraction of sp³-hybridized carbons (Fsp3) is 0.680. The second-order valence-corrected chi connectivity index (χ2v) is 11.0. The normalized spacial score (nSPS) is 15.1. The number of hydrogen-bond donors (Lipinski definition) is 3. The monoisotopic (exact) mass is 449 g/mol. The minimum Gasteiger partial charge on any atom is -0.444 e. The minimum atomic E-state index is -1.00. The Morgan fingerprint density at radius 1 is 1.06 bits per heavy atom. The maximum Gasteiger partial charge on any atom is 0.410 e. The molecular formula is C25H43N3O4. The molecule has 1 aromatic rings. The number of ether oxygens (including phenoxy) is 1. The first-order valence-corrected chi connectivity index (χ1v) is 11.4. The molecule has 0 fully saturated rings. The molecule has 0 bridgehead atoms. The predicted molar refractivity (Wildman–Crippen MR) is 128 cm³/mol. The van der Waals surface area contributed by atoms with E-state index in [9.17, 15) is 14.7 Å². The summed E-state index contributed by atoms with van der Waals surface area (Å²) in [6.07, 6.45) is -1.08. The van der Waals surface area contributed by atoms with Gasteiger partial charge in [-0.25, -0.2) is 4.79 Å². The highest BCUT2D eigenvalue weighted by Crippen LogP contribution is 2.19. The van der Waals surface area contributed by atoms with Crippen molar-refractivity contribution in [2.24, 2.45) is 17.1 Å². The van der Waals surface area contributed by atoms with E-state index in [0.29, 0.717) is 13.0 Å². The maximum absolute atomic E-state index is 12.8. The van der Waals surface area contributed by atoms with Crippen molar-refractivity contribution in [3.05, 3.63) is 35.9 Å². The van der Waals surface area contributed by atoms with Crippen molar-refractivity contribution in [1.29, 1.82) is 0 Å². The number of nitrogens with one attached hydrogen (secondary N) is 1. The van der Waals surface area contributed by atoms with Gasteiger partial charge in [0, 0.05) is 6.54 Å². The van der Waals surface area contributed by atoms with Gasteiger partial charge in [0.1, 0.15) is 5.60 Å². The lowest BCUT2D eigenvalue weighted by Gasteiger charge is -2.34. The SMILES string of the molecule is CC(C)CN(C[C@@H](O)[C@H](Cc1ccccc1)NC(=O)[C@@H](N)C(C)(C)C)C(=O)OC(C)(C)C. The summed E-state index contributed by atoms with van der Waals surface area (Å²) in [7, 11) is 0. The molecule has 0 unspecified atom stereocenters. The maximum atomic E-state index is 12.8. The van der Waals surface area contributed by atoms with E-state index in [2.05, 4.69) is 5.32 Å². The molecule has 182 valence electrons. The van der Waals surface area contributed by atoms with Crippen LogP contribution in [-0.4, -0.2) is 58.9 Å². The van der Waals surface area contributed by atoms with E-state index in [1.54, 1.807) is 20.8 Å². The first-order valence-electron chi connectivity index (χ1n) is 11.4. The Morgan fingerprint density at radius 2 is 1.62 bits per heavy atom. The first-order chi connectivity index (χ1) is 14.6. The van der Waals surface area contributed by atoms with Gasteiger partial charge in [0.15, 0.2) is 0 Å². The number of aliphatic hydroxyl groups excluding tert-OH is 1. The number of amides is 2. The van der Waals surface area contributed by atoms with Crippen LogP contribution in [0.5, 0.6) is 0 Å². The van der Waals surface area contributed by atoms with Crippen molar-refractivity contribution in [1.82, 2.24) is 10.2 Å². The molecule has 4 N–H and O–H groups in total. The highest BCUT2D eigenvalue weighted by molar-refractivity contribution is 5.82. The summed E-state index contributed by atoms with van der Waals surface area (Å²) in [5.41, 5.74) is 6.04. The molecule has 0 spiro atoms. The molecule has 0 aliphatic carbocycles. The molecule has 0 saturated carbocycles. The summed E-state index contributed by atoms with van der Waals surface area (Å²) >= 11 is 0. The van der Waals surface area contributed by atoms with E-state index in [0.717, 1.165) is 5.56 Å². The predicted octanol–water partition coefficient (Wildman–Crippen LogP) is 3.34. The van der Waals surface area contributed by atoms with Gasteiger partial charge < -0.3 is 25.8 Å². The molecule has 0 saturated heterocycles.